The van der Waals surface area contributed by atoms with Crippen LogP contribution in [0.1, 0.15) is 17.3 Å². The molecule has 0 amide bonds. The van der Waals surface area contributed by atoms with Crippen molar-refractivity contribution in [3.63, 3.8) is 0 Å². The molecule has 0 aliphatic carbocycles. The zero-order valence-corrected chi connectivity index (χ0v) is 11.7. The summed E-state index contributed by atoms with van der Waals surface area (Å²) in [6.07, 6.45) is 3.73. The van der Waals surface area contributed by atoms with Crippen LogP contribution in [0.2, 0.25) is 0 Å². The minimum atomic E-state index is 0.0857. The Morgan fingerprint density at radius 3 is 2.61 bits per heavy atom. The van der Waals surface area contributed by atoms with Gasteiger partial charge in [-0.25, -0.2) is 0 Å². The first-order valence-electron chi connectivity index (χ1n) is 5.70. The second kappa shape index (κ2) is 5.87. The number of hydrogen-bond acceptors (Lipinski definition) is 2. The molecule has 0 saturated heterocycles. The fraction of sp³-hybridized carbons (Fsp3) is 0.214. The van der Waals surface area contributed by atoms with E-state index in [0.29, 0.717) is 6.61 Å². The molecule has 94 valence electrons. The zero-order chi connectivity index (χ0) is 13.0. The van der Waals surface area contributed by atoms with Crippen molar-refractivity contribution < 1.29 is 9.53 Å². The number of halogens is 1. The third kappa shape index (κ3) is 3.47. The highest BCUT2D eigenvalue weighted by molar-refractivity contribution is 9.10. The summed E-state index contributed by atoms with van der Waals surface area (Å²) in [5, 5.41) is 0. The summed E-state index contributed by atoms with van der Waals surface area (Å²) in [6, 6.07) is 9.54. The van der Waals surface area contributed by atoms with Crippen molar-refractivity contribution in [2.24, 2.45) is 0 Å². The molecular weight excluding hydrogens is 294 g/mol. The molecule has 0 bridgehead atoms. The summed E-state index contributed by atoms with van der Waals surface area (Å²) in [5.74, 6) is 0.930. The van der Waals surface area contributed by atoms with E-state index in [0.717, 1.165) is 22.3 Å². The van der Waals surface area contributed by atoms with Gasteiger partial charge in [0.25, 0.3) is 0 Å². The van der Waals surface area contributed by atoms with Gasteiger partial charge in [-0.05, 0) is 37.3 Å². The van der Waals surface area contributed by atoms with E-state index in [1.54, 1.807) is 6.92 Å². The van der Waals surface area contributed by atoms with Crippen LogP contribution in [-0.2, 0) is 6.54 Å². The molecule has 0 saturated carbocycles. The van der Waals surface area contributed by atoms with Crippen molar-refractivity contribution in [2.75, 3.05) is 6.61 Å². The molecule has 4 heteroatoms. The Bertz CT molecular complexity index is 531. The molecule has 1 heterocycles. The lowest BCUT2D eigenvalue weighted by Gasteiger charge is -2.06. The first-order valence-corrected chi connectivity index (χ1v) is 6.49. The van der Waals surface area contributed by atoms with Crippen LogP contribution in [0.4, 0.5) is 0 Å². The molecule has 2 aromatic rings. The monoisotopic (exact) mass is 307 g/mol. The molecule has 3 nitrogen and oxygen atoms in total. The highest BCUT2D eigenvalue weighted by Crippen LogP contribution is 2.16. The average molecular weight is 308 g/mol. The van der Waals surface area contributed by atoms with E-state index in [-0.39, 0.29) is 5.78 Å². The Labute approximate surface area is 115 Å². The first kappa shape index (κ1) is 12.9. The Balaban J connectivity index is 1.84. The fourth-order valence-corrected chi connectivity index (χ4v) is 1.85. The number of aromatic nitrogens is 1. The van der Waals surface area contributed by atoms with Gasteiger partial charge in [0.05, 0.1) is 6.54 Å². The number of hydrogen-bond donors (Lipinski definition) is 0. The Hall–Kier alpha value is -1.55. The van der Waals surface area contributed by atoms with E-state index in [9.17, 15) is 4.79 Å². The van der Waals surface area contributed by atoms with Crippen molar-refractivity contribution in [1.29, 1.82) is 0 Å². The lowest BCUT2D eigenvalue weighted by molar-refractivity contribution is 0.101. The number of benzene rings is 1. The first-order chi connectivity index (χ1) is 8.65. The lowest BCUT2D eigenvalue weighted by atomic mass is 10.2. The van der Waals surface area contributed by atoms with Crippen LogP contribution in [0.5, 0.6) is 5.75 Å². The summed E-state index contributed by atoms with van der Waals surface area (Å²) in [5.41, 5.74) is 0.735. The molecule has 1 aromatic heterocycles. The van der Waals surface area contributed by atoms with Crippen LogP contribution in [0.3, 0.4) is 0 Å². The fourth-order valence-electron chi connectivity index (χ4n) is 1.59. The van der Waals surface area contributed by atoms with Gasteiger partial charge in [-0.3, -0.25) is 4.79 Å². The van der Waals surface area contributed by atoms with Gasteiger partial charge in [-0.2, -0.15) is 0 Å². The summed E-state index contributed by atoms with van der Waals surface area (Å²) < 4.78 is 8.60. The Kier molecular flexibility index (Phi) is 4.20. The van der Waals surface area contributed by atoms with E-state index in [4.69, 9.17) is 4.74 Å². The van der Waals surface area contributed by atoms with Gasteiger partial charge in [0, 0.05) is 22.4 Å². The molecule has 2 rings (SSSR count). The standard InChI is InChI=1S/C14H14BrNO2/c1-11(17)12-6-7-16(10-12)8-9-18-14-4-2-13(15)3-5-14/h2-7,10H,8-9H2,1H3. The van der Waals surface area contributed by atoms with E-state index in [2.05, 4.69) is 15.9 Å². The normalized spacial score (nSPS) is 10.3. The molecule has 0 aliphatic rings. The predicted molar refractivity (Wildman–Crippen MR) is 74.1 cm³/mol. The molecule has 0 spiro atoms. The minimum Gasteiger partial charge on any atom is -0.492 e. The van der Waals surface area contributed by atoms with Gasteiger partial charge in [-0.1, -0.05) is 15.9 Å². The van der Waals surface area contributed by atoms with Gasteiger partial charge in [0.15, 0.2) is 5.78 Å². The molecule has 0 fully saturated rings. The molecule has 18 heavy (non-hydrogen) atoms. The molecule has 0 atom stereocenters. The quantitative estimate of drug-likeness (QED) is 0.791. The van der Waals surface area contributed by atoms with Crippen molar-refractivity contribution >= 4 is 21.7 Å². The van der Waals surface area contributed by atoms with Gasteiger partial charge in [0.2, 0.25) is 0 Å². The van der Waals surface area contributed by atoms with Crippen LogP contribution < -0.4 is 4.74 Å². The number of carbonyl (C=O) groups is 1. The highest BCUT2D eigenvalue weighted by Gasteiger charge is 2.01. The van der Waals surface area contributed by atoms with Gasteiger partial charge >= 0.3 is 0 Å². The van der Waals surface area contributed by atoms with Crippen LogP contribution in [0, 0.1) is 0 Å². The number of ether oxygens (including phenoxy) is 1. The molecular formula is C14H14BrNO2. The summed E-state index contributed by atoms with van der Waals surface area (Å²) >= 11 is 3.38. The third-order valence-corrected chi connectivity index (χ3v) is 3.12. The van der Waals surface area contributed by atoms with Crippen LogP contribution in [-0.4, -0.2) is 17.0 Å². The SMILES string of the molecule is CC(=O)c1ccn(CCOc2ccc(Br)cc2)c1. The molecule has 0 unspecified atom stereocenters. The van der Waals surface area contributed by atoms with Crippen molar-refractivity contribution in [3.05, 3.63) is 52.8 Å². The smallest absolute Gasteiger partial charge is 0.161 e. The van der Waals surface area contributed by atoms with E-state index in [1.807, 2.05) is 47.3 Å². The topological polar surface area (TPSA) is 31.2 Å². The average Bonchev–Trinajstić information content (AvgIpc) is 2.81. The summed E-state index contributed by atoms with van der Waals surface area (Å²) in [6.45, 7) is 2.87. The second-order valence-electron chi connectivity index (χ2n) is 4.00. The Morgan fingerprint density at radius 2 is 2.00 bits per heavy atom. The zero-order valence-electron chi connectivity index (χ0n) is 10.1. The minimum absolute atomic E-state index is 0.0857. The van der Waals surface area contributed by atoms with E-state index < -0.39 is 0 Å². The Morgan fingerprint density at radius 1 is 1.28 bits per heavy atom. The maximum atomic E-state index is 11.1. The van der Waals surface area contributed by atoms with E-state index in [1.165, 1.54) is 0 Å². The number of rotatable bonds is 5. The van der Waals surface area contributed by atoms with Crippen LogP contribution >= 0.6 is 15.9 Å². The van der Waals surface area contributed by atoms with Crippen LogP contribution in [0.25, 0.3) is 0 Å². The number of ketones is 1. The van der Waals surface area contributed by atoms with Gasteiger partial charge in [-0.15, -0.1) is 0 Å². The van der Waals surface area contributed by atoms with Crippen LogP contribution in [0.15, 0.2) is 47.2 Å². The molecule has 0 N–H and O–H groups in total. The lowest BCUT2D eigenvalue weighted by Crippen LogP contribution is -2.06. The second-order valence-corrected chi connectivity index (χ2v) is 4.91. The highest BCUT2D eigenvalue weighted by atomic mass is 79.9. The maximum Gasteiger partial charge on any atom is 0.161 e. The van der Waals surface area contributed by atoms with Crippen molar-refractivity contribution in [2.45, 2.75) is 13.5 Å². The molecule has 0 aliphatic heterocycles. The number of Topliss-reactive ketones (excluding diaryl/α,β-unsaturated/α-hetero) is 1. The maximum absolute atomic E-state index is 11.1. The third-order valence-electron chi connectivity index (χ3n) is 2.59. The van der Waals surface area contributed by atoms with E-state index >= 15 is 0 Å². The molecule has 0 radical (unpaired) electrons. The number of nitrogens with zero attached hydrogens (tertiary/aromatic N) is 1. The summed E-state index contributed by atoms with van der Waals surface area (Å²) in [4.78, 5) is 11.1. The number of carbonyl (C=O) groups excluding carboxylic acids is 1. The van der Waals surface area contributed by atoms with Crippen molar-refractivity contribution in [1.82, 2.24) is 4.57 Å². The summed E-state index contributed by atoms with van der Waals surface area (Å²) in [7, 11) is 0. The van der Waals surface area contributed by atoms with Gasteiger partial charge in [0.1, 0.15) is 12.4 Å². The van der Waals surface area contributed by atoms with Gasteiger partial charge < -0.3 is 9.30 Å². The predicted octanol–water partition coefficient (Wildman–Crippen LogP) is 3.53. The largest absolute Gasteiger partial charge is 0.492 e. The van der Waals surface area contributed by atoms with Crippen molar-refractivity contribution in [3.8, 4) is 5.75 Å². The molecule has 1 aromatic carbocycles.